The molecule has 30 heavy (non-hydrogen) atoms. The lowest BCUT2D eigenvalue weighted by Gasteiger charge is -2.30. The summed E-state index contributed by atoms with van der Waals surface area (Å²) in [5.74, 6) is 1.59. The van der Waals surface area contributed by atoms with Crippen molar-refractivity contribution in [2.45, 2.75) is 45.3 Å². The van der Waals surface area contributed by atoms with Crippen LogP contribution in [0.4, 0.5) is 11.6 Å². The molecule has 0 saturated heterocycles. The highest BCUT2D eigenvalue weighted by Crippen LogP contribution is 2.41. The molecule has 1 aliphatic heterocycles. The Morgan fingerprint density at radius 3 is 2.67 bits per heavy atom. The normalized spacial score (nSPS) is 17.4. The summed E-state index contributed by atoms with van der Waals surface area (Å²) < 4.78 is 8.59. The highest BCUT2D eigenvalue weighted by Gasteiger charge is 2.29. The third-order valence-electron chi connectivity index (χ3n) is 6.01. The monoisotopic (exact) mass is 463 g/mol. The van der Waals surface area contributed by atoms with Crippen molar-refractivity contribution in [2.75, 3.05) is 18.1 Å². The first-order valence-corrected chi connectivity index (χ1v) is 11.7. The van der Waals surface area contributed by atoms with Gasteiger partial charge in [-0.05, 0) is 55.9 Å². The predicted octanol–water partition coefficient (Wildman–Crippen LogP) is 7.42. The van der Waals surface area contributed by atoms with Crippen molar-refractivity contribution in [3.8, 4) is 0 Å². The van der Waals surface area contributed by atoms with Gasteiger partial charge in [0.15, 0.2) is 0 Å². The Bertz CT molecular complexity index is 1090. The first-order chi connectivity index (χ1) is 14.6. The standard InChI is InChI=1S/C23H24Cl3N3O/c1-2-20(30-13-14-4-5-14)16-7-8-17(25)21-22(16)29-11-3-10-28(23(29)27-21)19-9-6-15(24)12-18(19)26/h6-9,12,14,20H,2-5,10-11,13H2,1H3. The minimum atomic E-state index is 0.0423. The number of anilines is 2. The summed E-state index contributed by atoms with van der Waals surface area (Å²) in [5.41, 5.74) is 3.98. The van der Waals surface area contributed by atoms with E-state index in [0.29, 0.717) is 15.1 Å². The summed E-state index contributed by atoms with van der Waals surface area (Å²) >= 11 is 19.2. The van der Waals surface area contributed by atoms with E-state index in [1.54, 1.807) is 6.07 Å². The van der Waals surface area contributed by atoms with Gasteiger partial charge in [-0.25, -0.2) is 4.98 Å². The van der Waals surface area contributed by atoms with Crippen LogP contribution in [0, 0.1) is 5.92 Å². The number of aryl methyl sites for hydroxylation is 1. The summed E-state index contributed by atoms with van der Waals surface area (Å²) in [4.78, 5) is 7.13. The van der Waals surface area contributed by atoms with E-state index in [9.17, 15) is 0 Å². The van der Waals surface area contributed by atoms with Gasteiger partial charge in [0.05, 0.1) is 34.0 Å². The third kappa shape index (κ3) is 3.69. The first kappa shape index (κ1) is 20.4. The predicted molar refractivity (Wildman–Crippen MR) is 125 cm³/mol. The van der Waals surface area contributed by atoms with E-state index in [1.165, 1.54) is 18.4 Å². The highest BCUT2D eigenvalue weighted by molar-refractivity contribution is 6.36. The van der Waals surface area contributed by atoms with Gasteiger partial charge in [-0.15, -0.1) is 0 Å². The minimum Gasteiger partial charge on any atom is -0.373 e. The number of hydrogen-bond acceptors (Lipinski definition) is 3. The van der Waals surface area contributed by atoms with Crippen molar-refractivity contribution in [3.63, 3.8) is 0 Å². The van der Waals surface area contributed by atoms with E-state index in [-0.39, 0.29) is 6.10 Å². The molecular formula is C23H24Cl3N3O. The SMILES string of the molecule is CCC(OCC1CC1)c1ccc(Cl)c2nc3n(c12)CCCN3c1ccc(Cl)cc1Cl. The lowest BCUT2D eigenvalue weighted by molar-refractivity contribution is 0.0434. The number of aromatic nitrogens is 2. The molecule has 1 aromatic heterocycles. The van der Waals surface area contributed by atoms with Gasteiger partial charge in [0, 0.05) is 23.7 Å². The number of nitrogens with zero attached hydrogens (tertiary/aromatic N) is 3. The zero-order valence-electron chi connectivity index (χ0n) is 16.9. The zero-order valence-corrected chi connectivity index (χ0v) is 19.1. The zero-order chi connectivity index (χ0) is 20.8. The van der Waals surface area contributed by atoms with Crippen molar-refractivity contribution in [3.05, 3.63) is 51.0 Å². The molecule has 0 N–H and O–H groups in total. The molecule has 0 radical (unpaired) electrons. The number of halogens is 3. The first-order valence-electron chi connectivity index (χ1n) is 10.6. The Kier molecular flexibility index (Phi) is 5.61. The Morgan fingerprint density at radius 2 is 1.93 bits per heavy atom. The van der Waals surface area contributed by atoms with Crippen LogP contribution in [0.25, 0.3) is 11.0 Å². The van der Waals surface area contributed by atoms with Gasteiger partial charge in [-0.3, -0.25) is 0 Å². The smallest absolute Gasteiger partial charge is 0.211 e. The Balaban J connectivity index is 1.62. The van der Waals surface area contributed by atoms with Gasteiger partial charge in [0.25, 0.3) is 0 Å². The average Bonchev–Trinajstić information content (AvgIpc) is 3.47. The van der Waals surface area contributed by atoms with Crippen molar-refractivity contribution >= 4 is 57.5 Å². The molecule has 1 saturated carbocycles. The molecule has 1 aliphatic carbocycles. The van der Waals surface area contributed by atoms with E-state index >= 15 is 0 Å². The molecule has 2 aliphatic rings. The van der Waals surface area contributed by atoms with Crippen LogP contribution in [0.1, 0.15) is 44.3 Å². The Labute approximate surface area is 191 Å². The minimum absolute atomic E-state index is 0.0423. The fraction of sp³-hybridized carbons (Fsp3) is 0.435. The van der Waals surface area contributed by atoms with E-state index in [1.807, 2.05) is 18.2 Å². The molecule has 7 heteroatoms. The molecule has 4 nitrogen and oxygen atoms in total. The number of rotatable bonds is 6. The molecule has 1 unspecified atom stereocenters. The quantitative estimate of drug-likeness (QED) is 0.380. The fourth-order valence-corrected chi connectivity index (χ4v) is 4.98. The summed E-state index contributed by atoms with van der Waals surface area (Å²) in [7, 11) is 0. The molecule has 0 bridgehead atoms. The van der Waals surface area contributed by atoms with Crippen molar-refractivity contribution < 1.29 is 4.74 Å². The van der Waals surface area contributed by atoms with Crippen molar-refractivity contribution in [1.29, 1.82) is 0 Å². The summed E-state index contributed by atoms with van der Waals surface area (Å²) in [6.07, 6.45) is 4.51. The van der Waals surface area contributed by atoms with Crippen LogP contribution in [0.3, 0.4) is 0 Å². The van der Waals surface area contributed by atoms with Crippen LogP contribution in [0.2, 0.25) is 15.1 Å². The van der Waals surface area contributed by atoms with Gasteiger partial charge in [-0.1, -0.05) is 47.8 Å². The van der Waals surface area contributed by atoms with Gasteiger partial charge in [0.1, 0.15) is 5.52 Å². The molecule has 3 aromatic rings. The molecule has 158 valence electrons. The van der Waals surface area contributed by atoms with Crippen molar-refractivity contribution in [1.82, 2.24) is 9.55 Å². The van der Waals surface area contributed by atoms with Crippen molar-refractivity contribution in [2.24, 2.45) is 5.92 Å². The maximum Gasteiger partial charge on any atom is 0.211 e. The third-order valence-corrected chi connectivity index (χ3v) is 6.85. The second kappa shape index (κ2) is 8.23. The van der Waals surface area contributed by atoms with Crippen LogP contribution in [0.5, 0.6) is 0 Å². The maximum atomic E-state index is 6.60. The topological polar surface area (TPSA) is 30.3 Å². The molecule has 1 atom stereocenters. The van der Waals surface area contributed by atoms with Crippen LogP contribution in [-0.4, -0.2) is 22.7 Å². The number of benzene rings is 2. The van der Waals surface area contributed by atoms with Crippen LogP contribution < -0.4 is 4.90 Å². The molecule has 0 spiro atoms. The second-order valence-corrected chi connectivity index (χ2v) is 9.42. The Morgan fingerprint density at radius 1 is 1.10 bits per heavy atom. The molecule has 1 fully saturated rings. The van der Waals surface area contributed by atoms with E-state index < -0.39 is 0 Å². The van der Waals surface area contributed by atoms with Crippen LogP contribution in [0.15, 0.2) is 30.3 Å². The molecule has 2 aromatic carbocycles. The van der Waals surface area contributed by atoms with Crippen LogP contribution in [-0.2, 0) is 11.3 Å². The van der Waals surface area contributed by atoms with Gasteiger partial charge < -0.3 is 14.2 Å². The van der Waals surface area contributed by atoms with Gasteiger partial charge >= 0.3 is 0 Å². The lowest BCUT2D eigenvalue weighted by atomic mass is 10.0. The van der Waals surface area contributed by atoms with Crippen LogP contribution >= 0.6 is 34.8 Å². The summed E-state index contributed by atoms with van der Waals surface area (Å²) in [5, 5.41) is 1.90. The summed E-state index contributed by atoms with van der Waals surface area (Å²) in [6, 6.07) is 9.64. The Hall–Kier alpha value is -1.46. The molecular weight excluding hydrogens is 441 g/mol. The molecule has 5 rings (SSSR count). The maximum absolute atomic E-state index is 6.60. The highest BCUT2D eigenvalue weighted by atomic mass is 35.5. The van der Waals surface area contributed by atoms with Gasteiger partial charge in [0.2, 0.25) is 5.95 Å². The summed E-state index contributed by atoms with van der Waals surface area (Å²) in [6.45, 7) is 4.73. The van der Waals surface area contributed by atoms with E-state index in [0.717, 1.165) is 61.1 Å². The number of hydrogen-bond donors (Lipinski definition) is 0. The second-order valence-electron chi connectivity index (χ2n) is 8.17. The van der Waals surface area contributed by atoms with E-state index in [4.69, 9.17) is 44.5 Å². The van der Waals surface area contributed by atoms with E-state index in [2.05, 4.69) is 22.5 Å². The lowest BCUT2D eigenvalue weighted by Crippen LogP contribution is -2.28. The average molecular weight is 465 g/mol. The number of ether oxygens (including phenoxy) is 1. The largest absolute Gasteiger partial charge is 0.373 e. The number of fused-ring (bicyclic) bond motifs is 3. The molecule has 0 amide bonds. The molecule has 2 heterocycles. The fourth-order valence-electron chi connectivity index (χ4n) is 4.28. The van der Waals surface area contributed by atoms with Gasteiger partial charge in [-0.2, -0.15) is 0 Å². The number of imidazole rings is 1.